The number of rotatable bonds is 11. The standard InChI is InChI=1S/C34H40N4O5/c1-4-43-30(39)21-23-15-18-27(19-16-23)37-33(42)34(2,3)38-31(40)24-17-20-29(35-25-11-7-5-8-12-25)28(22-24)32(41)36-26-13-9-6-10-14-26/h6,9-10,13-20,22,25,35H,4-5,7-8,11-12,21H2,1-3H3,(H,36,41)(H,37,42)(H,38,40). The number of para-hydroxylation sites is 1. The van der Waals surface area contributed by atoms with Gasteiger partial charge in [0.05, 0.1) is 18.6 Å². The van der Waals surface area contributed by atoms with Gasteiger partial charge >= 0.3 is 5.97 Å². The molecular weight excluding hydrogens is 544 g/mol. The second-order valence-electron chi connectivity index (χ2n) is 11.3. The molecule has 4 rings (SSSR count). The van der Waals surface area contributed by atoms with Crippen LogP contribution in [0.15, 0.2) is 72.8 Å². The molecule has 1 aliphatic carbocycles. The van der Waals surface area contributed by atoms with Crippen molar-refractivity contribution in [1.82, 2.24) is 5.32 Å². The molecule has 43 heavy (non-hydrogen) atoms. The van der Waals surface area contributed by atoms with Crippen LogP contribution in [0.5, 0.6) is 0 Å². The van der Waals surface area contributed by atoms with Crippen LogP contribution in [0, 0.1) is 0 Å². The van der Waals surface area contributed by atoms with Gasteiger partial charge in [0.1, 0.15) is 5.54 Å². The van der Waals surface area contributed by atoms with Gasteiger partial charge in [0.15, 0.2) is 0 Å². The van der Waals surface area contributed by atoms with E-state index in [-0.39, 0.29) is 29.9 Å². The molecule has 1 saturated carbocycles. The fraction of sp³-hybridized carbons (Fsp3) is 0.353. The van der Waals surface area contributed by atoms with Gasteiger partial charge in [-0.25, -0.2) is 0 Å². The summed E-state index contributed by atoms with van der Waals surface area (Å²) in [7, 11) is 0. The van der Waals surface area contributed by atoms with Crippen LogP contribution in [0.1, 0.15) is 79.2 Å². The number of carbonyl (C=O) groups excluding carboxylic acids is 4. The number of anilines is 3. The maximum atomic E-state index is 13.4. The van der Waals surface area contributed by atoms with E-state index in [0.29, 0.717) is 29.2 Å². The average molecular weight is 585 g/mol. The zero-order valence-electron chi connectivity index (χ0n) is 25.0. The van der Waals surface area contributed by atoms with Gasteiger partial charge in [0, 0.05) is 28.7 Å². The van der Waals surface area contributed by atoms with E-state index >= 15 is 0 Å². The lowest BCUT2D eigenvalue weighted by atomic mass is 9.94. The van der Waals surface area contributed by atoms with Gasteiger partial charge in [-0.15, -0.1) is 0 Å². The van der Waals surface area contributed by atoms with Crippen LogP contribution in [0.3, 0.4) is 0 Å². The summed E-state index contributed by atoms with van der Waals surface area (Å²) >= 11 is 0. The number of nitrogens with one attached hydrogen (secondary N) is 4. The second-order valence-corrected chi connectivity index (χ2v) is 11.3. The first-order valence-electron chi connectivity index (χ1n) is 14.8. The topological polar surface area (TPSA) is 126 Å². The van der Waals surface area contributed by atoms with Crippen LogP contribution in [-0.2, 0) is 20.7 Å². The Labute approximate surface area is 252 Å². The molecule has 0 heterocycles. The summed E-state index contributed by atoms with van der Waals surface area (Å²) in [6.07, 6.45) is 5.68. The van der Waals surface area contributed by atoms with Crippen LogP contribution in [-0.4, -0.2) is 41.9 Å². The minimum atomic E-state index is -1.27. The molecule has 3 aromatic carbocycles. The molecule has 0 unspecified atom stereocenters. The molecule has 3 amide bonds. The molecule has 4 N–H and O–H groups in total. The monoisotopic (exact) mass is 584 g/mol. The first-order chi connectivity index (χ1) is 20.6. The third kappa shape index (κ3) is 8.91. The summed E-state index contributed by atoms with van der Waals surface area (Å²) in [4.78, 5) is 51.6. The number of hydrogen-bond donors (Lipinski definition) is 4. The normalized spacial score (nSPS) is 13.5. The Morgan fingerprint density at radius 1 is 0.814 bits per heavy atom. The smallest absolute Gasteiger partial charge is 0.310 e. The van der Waals surface area contributed by atoms with E-state index < -0.39 is 17.4 Å². The van der Waals surface area contributed by atoms with Crippen LogP contribution < -0.4 is 21.3 Å². The Bertz CT molecular complexity index is 1430. The molecular formula is C34H40N4O5. The van der Waals surface area contributed by atoms with E-state index in [4.69, 9.17) is 4.74 Å². The van der Waals surface area contributed by atoms with Gasteiger partial charge in [-0.05, 0) is 81.6 Å². The summed E-state index contributed by atoms with van der Waals surface area (Å²) in [6.45, 7) is 5.29. The van der Waals surface area contributed by atoms with Crippen LogP contribution in [0.4, 0.5) is 17.1 Å². The van der Waals surface area contributed by atoms with Crippen molar-refractivity contribution >= 4 is 40.8 Å². The average Bonchev–Trinajstić information content (AvgIpc) is 2.99. The maximum Gasteiger partial charge on any atom is 0.310 e. The van der Waals surface area contributed by atoms with Gasteiger partial charge in [-0.2, -0.15) is 0 Å². The Kier molecular flexibility index (Phi) is 10.5. The number of carbonyl (C=O) groups is 4. The van der Waals surface area contributed by atoms with Gasteiger partial charge in [-0.1, -0.05) is 49.6 Å². The Hall–Kier alpha value is -4.66. The van der Waals surface area contributed by atoms with Crippen molar-refractivity contribution in [3.8, 4) is 0 Å². The fourth-order valence-corrected chi connectivity index (χ4v) is 4.97. The van der Waals surface area contributed by atoms with Crippen molar-refractivity contribution in [2.45, 2.75) is 70.9 Å². The SMILES string of the molecule is CCOC(=O)Cc1ccc(NC(=O)C(C)(C)NC(=O)c2ccc(NC3CCCCC3)c(C(=O)Nc3ccccc3)c2)cc1. The highest BCUT2D eigenvalue weighted by molar-refractivity contribution is 6.10. The largest absolute Gasteiger partial charge is 0.466 e. The molecule has 0 atom stereocenters. The van der Waals surface area contributed by atoms with Gasteiger partial charge < -0.3 is 26.0 Å². The summed E-state index contributed by atoms with van der Waals surface area (Å²) in [5, 5.41) is 12.0. The van der Waals surface area contributed by atoms with E-state index in [9.17, 15) is 19.2 Å². The van der Waals surface area contributed by atoms with E-state index in [1.54, 1.807) is 75.4 Å². The van der Waals surface area contributed by atoms with Crippen molar-refractivity contribution in [3.05, 3.63) is 89.5 Å². The fourth-order valence-electron chi connectivity index (χ4n) is 4.97. The van der Waals surface area contributed by atoms with Crippen LogP contribution in [0.25, 0.3) is 0 Å². The molecule has 9 heteroatoms. The van der Waals surface area contributed by atoms with Crippen molar-refractivity contribution in [3.63, 3.8) is 0 Å². The van der Waals surface area contributed by atoms with Crippen LogP contribution in [0.2, 0.25) is 0 Å². The highest BCUT2D eigenvalue weighted by Gasteiger charge is 2.30. The van der Waals surface area contributed by atoms with E-state index in [1.165, 1.54) is 6.42 Å². The van der Waals surface area contributed by atoms with Crippen molar-refractivity contribution in [2.75, 3.05) is 22.6 Å². The molecule has 0 aromatic heterocycles. The molecule has 3 aromatic rings. The van der Waals surface area contributed by atoms with E-state index in [0.717, 1.165) is 31.2 Å². The molecule has 0 spiro atoms. The maximum absolute atomic E-state index is 13.4. The minimum Gasteiger partial charge on any atom is -0.466 e. The zero-order chi connectivity index (χ0) is 30.8. The summed E-state index contributed by atoms with van der Waals surface area (Å²) in [6, 6.07) is 21.3. The predicted octanol–water partition coefficient (Wildman–Crippen LogP) is 5.94. The third-order valence-electron chi connectivity index (χ3n) is 7.38. The second kappa shape index (κ2) is 14.5. The highest BCUT2D eigenvalue weighted by Crippen LogP contribution is 2.26. The number of esters is 1. The van der Waals surface area contributed by atoms with Crippen molar-refractivity contribution in [1.29, 1.82) is 0 Å². The molecule has 0 aliphatic heterocycles. The quantitative estimate of drug-likeness (QED) is 0.207. The number of benzene rings is 3. The molecule has 0 bridgehead atoms. The Morgan fingerprint density at radius 2 is 1.49 bits per heavy atom. The Balaban J connectivity index is 1.46. The lowest BCUT2D eigenvalue weighted by molar-refractivity contribution is -0.142. The van der Waals surface area contributed by atoms with Gasteiger partial charge in [0.25, 0.3) is 11.8 Å². The van der Waals surface area contributed by atoms with Gasteiger partial charge in [0.2, 0.25) is 5.91 Å². The van der Waals surface area contributed by atoms with Crippen molar-refractivity contribution < 1.29 is 23.9 Å². The molecule has 0 radical (unpaired) electrons. The molecule has 1 aliphatic rings. The van der Waals surface area contributed by atoms with E-state index in [2.05, 4.69) is 21.3 Å². The highest BCUT2D eigenvalue weighted by atomic mass is 16.5. The molecule has 1 fully saturated rings. The minimum absolute atomic E-state index is 0.143. The molecule has 0 saturated heterocycles. The Morgan fingerprint density at radius 3 is 2.16 bits per heavy atom. The summed E-state index contributed by atoms with van der Waals surface area (Å²) in [5.41, 5.74) is 1.95. The lowest BCUT2D eigenvalue weighted by Gasteiger charge is -2.26. The first-order valence-corrected chi connectivity index (χ1v) is 14.8. The zero-order valence-corrected chi connectivity index (χ0v) is 25.0. The number of hydrogen-bond acceptors (Lipinski definition) is 6. The molecule has 9 nitrogen and oxygen atoms in total. The predicted molar refractivity (Wildman–Crippen MR) is 168 cm³/mol. The first kappa shape index (κ1) is 31.3. The van der Waals surface area contributed by atoms with Crippen LogP contribution >= 0.6 is 0 Å². The summed E-state index contributed by atoms with van der Waals surface area (Å²) in [5.74, 6) is -1.55. The number of ether oxygens (including phenoxy) is 1. The summed E-state index contributed by atoms with van der Waals surface area (Å²) < 4.78 is 4.97. The number of amides is 3. The van der Waals surface area contributed by atoms with Crippen molar-refractivity contribution in [2.24, 2.45) is 0 Å². The van der Waals surface area contributed by atoms with Gasteiger partial charge in [-0.3, -0.25) is 19.2 Å². The van der Waals surface area contributed by atoms with E-state index in [1.807, 2.05) is 18.2 Å². The lowest BCUT2D eigenvalue weighted by Crippen LogP contribution is -2.52. The molecule has 226 valence electrons. The third-order valence-corrected chi connectivity index (χ3v) is 7.38.